The van der Waals surface area contributed by atoms with E-state index in [1.165, 1.54) is 4.90 Å². The SMILES string of the molecule is CCCCN(C(=O)c1cc2cc(SCC)ccc2n1C)c1ccccc1. The zero-order valence-corrected chi connectivity index (χ0v) is 16.6. The first-order chi connectivity index (χ1) is 12.7. The van der Waals surface area contributed by atoms with Crippen LogP contribution in [0.5, 0.6) is 0 Å². The summed E-state index contributed by atoms with van der Waals surface area (Å²) in [7, 11) is 1.98. The average molecular weight is 367 g/mol. The van der Waals surface area contributed by atoms with Gasteiger partial charge in [0.15, 0.2) is 0 Å². The van der Waals surface area contributed by atoms with Crippen LogP contribution in [0.2, 0.25) is 0 Å². The summed E-state index contributed by atoms with van der Waals surface area (Å²) in [6.45, 7) is 5.04. The van der Waals surface area contributed by atoms with Crippen molar-refractivity contribution in [2.24, 2.45) is 7.05 Å². The van der Waals surface area contributed by atoms with Crippen LogP contribution in [-0.2, 0) is 7.05 Å². The molecular formula is C22H26N2OS. The van der Waals surface area contributed by atoms with Gasteiger partial charge in [-0.1, -0.05) is 38.5 Å². The van der Waals surface area contributed by atoms with Crippen LogP contribution >= 0.6 is 11.8 Å². The van der Waals surface area contributed by atoms with Crippen molar-refractivity contribution in [1.29, 1.82) is 0 Å². The minimum absolute atomic E-state index is 0.0630. The van der Waals surface area contributed by atoms with Crippen molar-refractivity contribution in [3.63, 3.8) is 0 Å². The average Bonchev–Trinajstić information content (AvgIpc) is 2.99. The molecule has 0 aliphatic carbocycles. The second-order valence-corrected chi connectivity index (χ2v) is 7.73. The van der Waals surface area contributed by atoms with E-state index in [1.807, 2.05) is 64.7 Å². The van der Waals surface area contributed by atoms with Gasteiger partial charge in [0.1, 0.15) is 5.69 Å². The van der Waals surface area contributed by atoms with Crippen LogP contribution in [-0.4, -0.2) is 22.8 Å². The molecule has 3 rings (SSSR count). The zero-order chi connectivity index (χ0) is 18.5. The number of aromatic nitrogens is 1. The topological polar surface area (TPSA) is 25.2 Å². The smallest absolute Gasteiger partial charge is 0.274 e. The van der Waals surface area contributed by atoms with Crippen molar-refractivity contribution in [3.05, 3.63) is 60.3 Å². The number of carbonyl (C=O) groups excluding carboxylic acids is 1. The third kappa shape index (κ3) is 3.80. The highest BCUT2D eigenvalue weighted by molar-refractivity contribution is 7.99. The number of hydrogen-bond donors (Lipinski definition) is 0. The Labute approximate surface area is 160 Å². The number of anilines is 1. The normalized spacial score (nSPS) is 11.0. The van der Waals surface area contributed by atoms with Gasteiger partial charge >= 0.3 is 0 Å². The first-order valence-electron chi connectivity index (χ1n) is 9.25. The lowest BCUT2D eigenvalue weighted by atomic mass is 10.2. The van der Waals surface area contributed by atoms with Gasteiger partial charge in [-0.25, -0.2) is 0 Å². The Morgan fingerprint density at radius 1 is 1.08 bits per heavy atom. The van der Waals surface area contributed by atoms with Crippen LogP contribution in [0.4, 0.5) is 5.69 Å². The standard InChI is InChI=1S/C22H26N2OS/c1-4-6-14-24(18-10-8-7-9-11-18)22(25)21-16-17-15-19(26-5-2)12-13-20(17)23(21)3/h7-13,15-16H,4-6,14H2,1-3H3. The molecule has 0 unspecified atom stereocenters. The lowest BCUT2D eigenvalue weighted by molar-refractivity contribution is 0.0979. The third-order valence-electron chi connectivity index (χ3n) is 4.59. The van der Waals surface area contributed by atoms with E-state index in [9.17, 15) is 4.79 Å². The van der Waals surface area contributed by atoms with Crippen LogP contribution < -0.4 is 4.90 Å². The van der Waals surface area contributed by atoms with Crippen molar-refractivity contribution in [2.45, 2.75) is 31.6 Å². The number of rotatable bonds is 7. The van der Waals surface area contributed by atoms with E-state index in [0.29, 0.717) is 0 Å². The van der Waals surface area contributed by atoms with Crippen LogP contribution in [0.25, 0.3) is 10.9 Å². The fraction of sp³-hybridized carbons (Fsp3) is 0.318. The molecule has 2 aromatic carbocycles. The molecule has 1 amide bonds. The number of aryl methyl sites for hydroxylation is 1. The van der Waals surface area contributed by atoms with E-state index < -0.39 is 0 Å². The number of thioether (sulfide) groups is 1. The van der Waals surface area contributed by atoms with Crippen molar-refractivity contribution in [3.8, 4) is 0 Å². The third-order valence-corrected chi connectivity index (χ3v) is 5.47. The van der Waals surface area contributed by atoms with Gasteiger partial charge < -0.3 is 9.47 Å². The van der Waals surface area contributed by atoms with E-state index in [4.69, 9.17) is 0 Å². The van der Waals surface area contributed by atoms with E-state index in [1.54, 1.807) is 0 Å². The molecule has 0 radical (unpaired) electrons. The van der Waals surface area contributed by atoms with E-state index in [2.05, 4.69) is 32.0 Å². The number of carbonyl (C=O) groups is 1. The number of nitrogens with zero attached hydrogens (tertiary/aromatic N) is 2. The summed E-state index contributed by atoms with van der Waals surface area (Å²) in [5, 5.41) is 1.12. The number of unbranched alkanes of at least 4 members (excludes halogenated alkanes) is 1. The number of hydrogen-bond acceptors (Lipinski definition) is 2. The van der Waals surface area contributed by atoms with Crippen LogP contribution in [0, 0.1) is 0 Å². The van der Waals surface area contributed by atoms with Gasteiger partial charge in [0.05, 0.1) is 0 Å². The van der Waals surface area contributed by atoms with Crippen molar-refractivity contribution >= 4 is 34.3 Å². The maximum Gasteiger partial charge on any atom is 0.274 e. The van der Waals surface area contributed by atoms with Crippen LogP contribution in [0.15, 0.2) is 59.5 Å². The highest BCUT2D eigenvalue weighted by Gasteiger charge is 2.21. The first-order valence-corrected chi connectivity index (χ1v) is 10.2. The molecule has 0 fully saturated rings. The number of amides is 1. The fourth-order valence-corrected chi connectivity index (χ4v) is 3.91. The molecule has 26 heavy (non-hydrogen) atoms. The van der Waals surface area contributed by atoms with Gasteiger partial charge in [-0.05, 0) is 48.6 Å². The van der Waals surface area contributed by atoms with Gasteiger partial charge in [0.25, 0.3) is 5.91 Å². The summed E-state index contributed by atoms with van der Waals surface area (Å²) in [5.74, 6) is 1.11. The quantitative estimate of drug-likeness (QED) is 0.498. The maximum absolute atomic E-state index is 13.4. The van der Waals surface area contributed by atoms with Gasteiger partial charge in [-0.2, -0.15) is 0 Å². The Kier molecular flexibility index (Phi) is 6.04. The Morgan fingerprint density at radius 3 is 2.54 bits per heavy atom. The molecule has 0 aliphatic rings. The predicted octanol–water partition coefficient (Wildman–Crippen LogP) is 5.74. The molecule has 0 saturated heterocycles. The molecule has 1 heterocycles. The Bertz CT molecular complexity index is 886. The summed E-state index contributed by atoms with van der Waals surface area (Å²) in [4.78, 5) is 16.5. The molecule has 0 N–H and O–H groups in total. The summed E-state index contributed by atoms with van der Waals surface area (Å²) in [6.07, 6.45) is 2.05. The maximum atomic E-state index is 13.4. The Morgan fingerprint density at radius 2 is 1.85 bits per heavy atom. The Hall–Kier alpha value is -2.20. The number of benzene rings is 2. The molecule has 3 nitrogen and oxygen atoms in total. The monoisotopic (exact) mass is 366 g/mol. The molecule has 0 atom stereocenters. The van der Waals surface area contributed by atoms with E-state index >= 15 is 0 Å². The molecule has 1 aromatic heterocycles. The molecular weight excluding hydrogens is 340 g/mol. The second-order valence-electron chi connectivity index (χ2n) is 6.39. The van der Waals surface area contributed by atoms with Crippen LogP contribution in [0.1, 0.15) is 37.2 Å². The molecule has 3 aromatic rings. The van der Waals surface area contributed by atoms with Gasteiger partial charge in [-0.15, -0.1) is 11.8 Å². The highest BCUT2D eigenvalue weighted by atomic mass is 32.2. The largest absolute Gasteiger partial charge is 0.340 e. The molecule has 0 aliphatic heterocycles. The molecule has 0 spiro atoms. The zero-order valence-electron chi connectivity index (χ0n) is 15.7. The fourth-order valence-electron chi connectivity index (χ4n) is 3.20. The van der Waals surface area contributed by atoms with Crippen molar-refractivity contribution in [1.82, 2.24) is 4.57 Å². The molecule has 0 bridgehead atoms. The van der Waals surface area contributed by atoms with Gasteiger partial charge in [-0.3, -0.25) is 4.79 Å². The van der Waals surface area contributed by atoms with Crippen LogP contribution in [0.3, 0.4) is 0 Å². The van der Waals surface area contributed by atoms with Crippen molar-refractivity contribution in [2.75, 3.05) is 17.2 Å². The van der Waals surface area contributed by atoms with E-state index in [-0.39, 0.29) is 5.91 Å². The molecule has 4 heteroatoms. The molecule has 136 valence electrons. The minimum Gasteiger partial charge on any atom is -0.340 e. The molecule has 0 saturated carbocycles. The summed E-state index contributed by atoms with van der Waals surface area (Å²) in [6, 6.07) is 18.4. The summed E-state index contributed by atoms with van der Waals surface area (Å²) in [5.41, 5.74) is 2.79. The highest BCUT2D eigenvalue weighted by Crippen LogP contribution is 2.27. The van der Waals surface area contributed by atoms with Gasteiger partial charge in [0, 0.05) is 35.1 Å². The Balaban J connectivity index is 1.99. The minimum atomic E-state index is 0.0630. The second kappa shape index (κ2) is 8.45. The summed E-state index contributed by atoms with van der Waals surface area (Å²) < 4.78 is 2.01. The van der Waals surface area contributed by atoms with Gasteiger partial charge in [0.2, 0.25) is 0 Å². The number of fused-ring (bicyclic) bond motifs is 1. The first kappa shape index (κ1) is 18.6. The predicted molar refractivity (Wildman–Crippen MR) is 112 cm³/mol. The summed E-state index contributed by atoms with van der Waals surface area (Å²) >= 11 is 1.82. The number of para-hydroxylation sites is 1. The lowest BCUT2D eigenvalue weighted by Crippen LogP contribution is -2.33. The van der Waals surface area contributed by atoms with E-state index in [0.717, 1.165) is 47.4 Å². The lowest BCUT2D eigenvalue weighted by Gasteiger charge is -2.23. The van der Waals surface area contributed by atoms with Crippen molar-refractivity contribution < 1.29 is 4.79 Å².